The standard InChI is InChI=1S/C25H35N5O3/c1-18(2)24(32)29-12-10-25(11-13-29)14-21(23-26-19(3)27-33-23)30(17-25)16-22(31)28(4)15-20-8-6-5-7-9-20/h5-9,18,21H,10-17H2,1-4H3. The van der Waals surface area contributed by atoms with Crippen molar-refractivity contribution >= 4 is 11.8 Å². The van der Waals surface area contributed by atoms with Crippen molar-refractivity contribution < 1.29 is 14.1 Å². The molecule has 0 N–H and O–H groups in total. The van der Waals surface area contributed by atoms with Crippen LogP contribution in [0.2, 0.25) is 0 Å². The molecular weight excluding hydrogens is 418 g/mol. The number of carbonyl (C=O) groups excluding carboxylic acids is 2. The van der Waals surface area contributed by atoms with Crippen LogP contribution in [0.3, 0.4) is 0 Å². The Labute approximate surface area is 195 Å². The zero-order valence-electron chi connectivity index (χ0n) is 20.2. The third-order valence-electron chi connectivity index (χ3n) is 7.09. The molecule has 4 rings (SSSR count). The Hall–Kier alpha value is -2.74. The molecule has 2 saturated heterocycles. The molecule has 0 aliphatic carbocycles. The van der Waals surface area contributed by atoms with E-state index in [1.165, 1.54) is 0 Å². The van der Waals surface area contributed by atoms with Crippen molar-refractivity contribution in [1.29, 1.82) is 0 Å². The van der Waals surface area contributed by atoms with Gasteiger partial charge in [0, 0.05) is 39.1 Å². The van der Waals surface area contributed by atoms with Gasteiger partial charge in [0.25, 0.3) is 0 Å². The molecular formula is C25H35N5O3. The zero-order chi connectivity index (χ0) is 23.6. The summed E-state index contributed by atoms with van der Waals surface area (Å²) in [7, 11) is 1.85. The first-order valence-corrected chi connectivity index (χ1v) is 11.9. The maximum Gasteiger partial charge on any atom is 0.244 e. The monoisotopic (exact) mass is 453 g/mol. The van der Waals surface area contributed by atoms with E-state index in [1.807, 2.05) is 63.1 Å². The van der Waals surface area contributed by atoms with Crippen molar-refractivity contribution in [2.24, 2.45) is 11.3 Å². The van der Waals surface area contributed by atoms with Gasteiger partial charge in [-0.1, -0.05) is 49.3 Å². The van der Waals surface area contributed by atoms with Gasteiger partial charge in [-0.2, -0.15) is 4.98 Å². The SMILES string of the molecule is Cc1noc(C2CC3(CCN(C(=O)C(C)C)CC3)CN2CC(=O)N(C)Cc2ccccc2)n1. The summed E-state index contributed by atoms with van der Waals surface area (Å²) >= 11 is 0. The smallest absolute Gasteiger partial charge is 0.244 e. The maximum absolute atomic E-state index is 13.1. The molecule has 1 spiro atoms. The summed E-state index contributed by atoms with van der Waals surface area (Å²) in [6.07, 6.45) is 2.73. The number of benzene rings is 1. The maximum atomic E-state index is 13.1. The van der Waals surface area contributed by atoms with E-state index in [0.717, 1.165) is 44.5 Å². The lowest BCUT2D eigenvalue weighted by atomic mass is 9.76. The molecule has 33 heavy (non-hydrogen) atoms. The molecule has 0 bridgehead atoms. The third kappa shape index (κ3) is 5.27. The summed E-state index contributed by atoms with van der Waals surface area (Å²) in [6.45, 7) is 8.95. The lowest BCUT2D eigenvalue weighted by Crippen LogP contribution is -2.46. The molecule has 1 aromatic heterocycles. The highest BCUT2D eigenvalue weighted by atomic mass is 16.5. The Morgan fingerprint density at radius 2 is 1.91 bits per heavy atom. The molecule has 8 heteroatoms. The fourth-order valence-electron chi connectivity index (χ4n) is 5.17. The predicted molar refractivity (Wildman–Crippen MR) is 124 cm³/mol. The van der Waals surface area contributed by atoms with Gasteiger partial charge in [0.15, 0.2) is 5.82 Å². The van der Waals surface area contributed by atoms with Gasteiger partial charge in [0.1, 0.15) is 0 Å². The van der Waals surface area contributed by atoms with Crippen LogP contribution >= 0.6 is 0 Å². The molecule has 2 aliphatic heterocycles. The van der Waals surface area contributed by atoms with E-state index in [4.69, 9.17) is 4.52 Å². The van der Waals surface area contributed by atoms with E-state index in [0.29, 0.717) is 24.8 Å². The van der Waals surface area contributed by atoms with E-state index in [1.54, 1.807) is 4.90 Å². The van der Waals surface area contributed by atoms with Crippen molar-refractivity contribution in [2.45, 2.75) is 52.6 Å². The zero-order valence-corrected chi connectivity index (χ0v) is 20.2. The van der Waals surface area contributed by atoms with Gasteiger partial charge < -0.3 is 14.3 Å². The first-order valence-electron chi connectivity index (χ1n) is 11.9. The summed E-state index contributed by atoms with van der Waals surface area (Å²) < 4.78 is 5.55. The average molecular weight is 454 g/mol. The molecule has 0 radical (unpaired) electrons. The van der Waals surface area contributed by atoms with Gasteiger partial charge in [0.2, 0.25) is 17.7 Å². The van der Waals surface area contributed by atoms with Crippen molar-refractivity contribution in [3.63, 3.8) is 0 Å². The highest BCUT2D eigenvalue weighted by molar-refractivity contribution is 5.78. The van der Waals surface area contributed by atoms with E-state index in [9.17, 15) is 9.59 Å². The Morgan fingerprint density at radius 1 is 1.21 bits per heavy atom. The second-order valence-electron chi connectivity index (χ2n) is 10.0. The lowest BCUT2D eigenvalue weighted by molar-refractivity contribution is -0.136. The van der Waals surface area contributed by atoms with Crippen LogP contribution in [0.5, 0.6) is 0 Å². The highest BCUT2D eigenvalue weighted by Gasteiger charge is 2.48. The number of nitrogens with zero attached hydrogens (tertiary/aromatic N) is 5. The van der Waals surface area contributed by atoms with Crippen molar-refractivity contribution in [3.8, 4) is 0 Å². The summed E-state index contributed by atoms with van der Waals surface area (Å²) in [6, 6.07) is 9.94. The molecule has 1 aromatic carbocycles. The fourth-order valence-corrected chi connectivity index (χ4v) is 5.17. The highest BCUT2D eigenvalue weighted by Crippen LogP contribution is 2.48. The van der Waals surface area contributed by atoms with Crippen LogP contribution in [-0.2, 0) is 16.1 Å². The van der Waals surface area contributed by atoms with Crippen LogP contribution in [0.4, 0.5) is 0 Å². The number of hydrogen-bond acceptors (Lipinski definition) is 6. The summed E-state index contributed by atoms with van der Waals surface area (Å²) in [5, 5.41) is 3.99. The molecule has 2 aliphatic rings. The lowest BCUT2D eigenvalue weighted by Gasteiger charge is -2.40. The van der Waals surface area contributed by atoms with Gasteiger partial charge in [-0.3, -0.25) is 14.5 Å². The molecule has 2 fully saturated rings. The van der Waals surface area contributed by atoms with Gasteiger partial charge in [-0.05, 0) is 37.2 Å². The molecule has 0 saturated carbocycles. The number of aryl methyl sites for hydroxylation is 1. The molecule has 8 nitrogen and oxygen atoms in total. The number of hydrogen-bond donors (Lipinski definition) is 0. The summed E-state index contributed by atoms with van der Waals surface area (Å²) in [5.41, 5.74) is 1.16. The van der Waals surface area contributed by atoms with Gasteiger partial charge in [-0.15, -0.1) is 0 Å². The van der Waals surface area contributed by atoms with Crippen molar-refractivity contribution in [1.82, 2.24) is 24.8 Å². The average Bonchev–Trinajstić information content (AvgIpc) is 3.38. The quantitative estimate of drug-likeness (QED) is 0.669. The Morgan fingerprint density at radius 3 is 2.52 bits per heavy atom. The number of amides is 2. The third-order valence-corrected chi connectivity index (χ3v) is 7.09. The minimum Gasteiger partial charge on any atom is -0.342 e. The van der Waals surface area contributed by atoms with E-state index < -0.39 is 0 Å². The molecule has 1 atom stereocenters. The Balaban J connectivity index is 1.46. The number of piperidine rings is 1. The topological polar surface area (TPSA) is 82.8 Å². The molecule has 2 amide bonds. The van der Waals surface area contributed by atoms with Gasteiger partial charge >= 0.3 is 0 Å². The molecule has 178 valence electrons. The fraction of sp³-hybridized carbons (Fsp3) is 0.600. The summed E-state index contributed by atoms with van der Waals surface area (Å²) in [5.74, 6) is 1.51. The predicted octanol–water partition coefficient (Wildman–Crippen LogP) is 3.05. The van der Waals surface area contributed by atoms with Crippen LogP contribution in [0.15, 0.2) is 34.9 Å². The van der Waals surface area contributed by atoms with Crippen LogP contribution in [0.25, 0.3) is 0 Å². The van der Waals surface area contributed by atoms with Gasteiger partial charge in [0.05, 0.1) is 12.6 Å². The largest absolute Gasteiger partial charge is 0.342 e. The number of rotatable bonds is 6. The van der Waals surface area contributed by atoms with Crippen molar-refractivity contribution in [2.75, 3.05) is 33.2 Å². The van der Waals surface area contributed by atoms with Crippen LogP contribution in [0, 0.1) is 18.3 Å². The van der Waals surface area contributed by atoms with Crippen LogP contribution in [0.1, 0.15) is 56.4 Å². The number of likely N-dealkylation sites (N-methyl/N-ethyl adjacent to an activating group) is 1. The molecule has 1 unspecified atom stereocenters. The van der Waals surface area contributed by atoms with Crippen LogP contribution < -0.4 is 0 Å². The summed E-state index contributed by atoms with van der Waals surface area (Å²) in [4.78, 5) is 36.1. The second-order valence-corrected chi connectivity index (χ2v) is 10.0. The minimum atomic E-state index is -0.0763. The second kappa shape index (κ2) is 9.63. The van der Waals surface area contributed by atoms with E-state index in [2.05, 4.69) is 15.0 Å². The number of likely N-dealkylation sites (tertiary alicyclic amines) is 2. The Bertz CT molecular complexity index is 965. The van der Waals surface area contributed by atoms with E-state index >= 15 is 0 Å². The van der Waals surface area contributed by atoms with Crippen LogP contribution in [-0.4, -0.2) is 69.9 Å². The number of aromatic nitrogens is 2. The molecule has 2 aromatic rings. The van der Waals surface area contributed by atoms with Crippen molar-refractivity contribution in [3.05, 3.63) is 47.6 Å². The Kier molecular flexibility index (Phi) is 6.83. The molecule has 3 heterocycles. The normalized spacial score (nSPS) is 20.5. The number of carbonyl (C=O) groups is 2. The first-order chi connectivity index (χ1) is 15.8. The first kappa shape index (κ1) is 23.4. The van der Waals surface area contributed by atoms with E-state index in [-0.39, 0.29) is 29.2 Å². The minimum absolute atomic E-state index is 0.0195. The van der Waals surface area contributed by atoms with Gasteiger partial charge in [-0.25, -0.2) is 0 Å².